The standard InChI is InChI=1S/C9H20Si/c1-3-5-7-9-10-8-6-4-2/h5,7H,3-4,6,8-10H2,1-2H3. The highest BCUT2D eigenvalue weighted by Crippen LogP contribution is 1.96. The summed E-state index contributed by atoms with van der Waals surface area (Å²) in [5, 5.41) is 0. The van der Waals surface area contributed by atoms with Gasteiger partial charge in [0, 0.05) is 9.52 Å². The summed E-state index contributed by atoms with van der Waals surface area (Å²) in [5.41, 5.74) is 0. The molecule has 0 spiro atoms. The summed E-state index contributed by atoms with van der Waals surface area (Å²) in [5.74, 6) is 0. The Balaban J connectivity index is 2.83. The van der Waals surface area contributed by atoms with Gasteiger partial charge in [-0.05, 0) is 12.5 Å². The van der Waals surface area contributed by atoms with Crippen LogP contribution in [0.25, 0.3) is 0 Å². The Hall–Kier alpha value is -0.0431. The third-order valence-electron chi connectivity index (χ3n) is 1.63. The molecule has 0 amide bonds. The molecule has 60 valence electrons. The molecule has 0 aromatic carbocycles. The maximum absolute atomic E-state index is 2.36. The highest BCUT2D eigenvalue weighted by molar-refractivity contribution is 6.36. The van der Waals surface area contributed by atoms with Gasteiger partial charge in [-0.1, -0.05) is 44.9 Å². The second-order valence-electron chi connectivity index (χ2n) is 2.73. The minimum Gasteiger partial charge on any atom is -0.0918 e. The first-order chi connectivity index (χ1) is 4.91. The summed E-state index contributed by atoms with van der Waals surface area (Å²) in [7, 11) is 0.293. The molecule has 0 N–H and O–H groups in total. The van der Waals surface area contributed by atoms with E-state index in [9.17, 15) is 0 Å². The van der Waals surface area contributed by atoms with Crippen molar-refractivity contribution >= 4 is 9.52 Å². The largest absolute Gasteiger partial charge is 0.0918 e. The molecular weight excluding hydrogens is 136 g/mol. The van der Waals surface area contributed by atoms with Crippen molar-refractivity contribution in [2.45, 2.75) is 45.2 Å². The lowest BCUT2D eigenvalue weighted by Gasteiger charge is -1.91. The first kappa shape index (κ1) is 9.96. The molecule has 0 atom stereocenters. The lowest BCUT2D eigenvalue weighted by atomic mass is 10.4. The van der Waals surface area contributed by atoms with Gasteiger partial charge >= 0.3 is 0 Å². The fraction of sp³-hybridized carbons (Fsp3) is 0.778. The fourth-order valence-electron chi connectivity index (χ4n) is 0.973. The van der Waals surface area contributed by atoms with Crippen molar-refractivity contribution in [2.75, 3.05) is 0 Å². The van der Waals surface area contributed by atoms with E-state index in [1.807, 2.05) is 0 Å². The van der Waals surface area contributed by atoms with Gasteiger partial charge in [0.05, 0.1) is 0 Å². The van der Waals surface area contributed by atoms with Gasteiger partial charge in [-0.3, -0.25) is 0 Å². The summed E-state index contributed by atoms with van der Waals surface area (Å²) in [6, 6.07) is 2.97. The van der Waals surface area contributed by atoms with Crippen LogP contribution in [0.1, 0.15) is 33.1 Å². The summed E-state index contributed by atoms with van der Waals surface area (Å²) in [6.45, 7) is 4.47. The quantitative estimate of drug-likeness (QED) is 0.315. The Morgan fingerprint density at radius 2 is 2.00 bits per heavy atom. The number of hydrogen-bond donors (Lipinski definition) is 0. The van der Waals surface area contributed by atoms with E-state index < -0.39 is 0 Å². The second kappa shape index (κ2) is 8.96. The summed E-state index contributed by atoms with van der Waals surface area (Å²) in [6.07, 6.45) is 8.71. The van der Waals surface area contributed by atoms with Crippen molar-refractivity contribution in [3.8, 4) is 0 Å². The van der Waals surface area contributed by atoms with Crippen molar-refractivity contribution in [1.82, 2.24) is 0 Å². The second-order valence-corrected chi connectivity index (χ2v) is 4.72. The van der Waals surface area contributed by atoms with Crippen molar-refractivity contribution in [2.24, 2.45) is 0 Å². The van der Waals surface area contributed by atoms with E-state index in [2.05, 4.69) is 26.0 Å². The van der Waals surface area contributed by atoms with Crippen molar-refractivity contribution in [3.63, 3.8) is 0 Å². The van der Waals surface area contributed by atoms with Crippen molar-refractivity contribution < 1.29 is 0 Å². The number of unbranched alkanes of at least 4 members (excludes halogenated alkanes) is 1. The van der Waals surface area contributed by atoms with Crippen LogP contribution >= 0.6 is 0 Å². The van der Waals surface area contributed by atoms with Crippen LogP contribution in [0.5, 0.6) is 0 Å². The zero-order chi connectivity index (χ0) is 7.66. The molecule has 0 saturated carbocycles. The zero-order valence-corrected chi connectivity index (χ0v) is 8.81. The Morgan fingerprint density at radius 1 is 1.20 bits per heavy atom. The molecule has 0 rings (SSSR count). The molecule has 10 heavy (non-hydrogen) atoms. The molecule has 0 nitrogen and oxygen atoms in total. The van der Waals surface area contributed by atoms with Gasteiger partial charge in [-0.25, -0.2) is 0 Å². The topological polar surface area (TPSA) is 0 Å². The number of hydrogen-bond acceptors (Lipinski definition) is 0. The molecular formula is C9H20Si. The lowest BCUT2D eigenvalue weighted by Crippen LogP contribution is -1.84. The highest BCUT2D eigenvalue weighted by Gasteiger charge is 1.84. The molecule has 0 aromatic heterocycles. The number of allylic oxidation sites excluding steroid dienone is 2. The van der Waals surface area contributed by atoms with E-state index in [0.29, 0.717) is 9.52 Å². The van der Waals surface area contributed by atoms with Crippen molar-refractivity contribution in [3.05, 3.63) is 12.2 Å². The smallest absolute Gasteiger partial charge is 0.0240 e. The molecule has 0 saturated heterocycles. The van der Waals surface area contributed by atoms with Gasteiger partial charge in [0.25, 0.3) is 0 Å². The van der Waals surface area contributed by atoms with Crippen molar-refractivity contribution in [1.29, 1.82) is 0 Å². The van der Waals surface area contributed by atoms with Crippen LogP contribution in [0, 0.1) is 0 Å². The predicted octanol–water partition coefficient (Wildman–Crippen LogP) is 2.76. The lowest BCUT2D eigenvalue weighted by molar-refractivity contribution is 0.878. The highest BCUT2D eigenvalue weighted by atomic mass is 28.2. The van der Waals surface area contributed by atoms with Gasteiger partial charge in [-0.2, -0.15) is 0 Å². The average molecular weight is 156 g/mol. The third-order valence-corrected chi connectivity index (χ3v) is 3.37. The van der Waals surface area contributed by atoms with E-state index in [1.165, 1.54) is 25.3 Å². The SMILES string of the molecule is CCC=CC[SiH2]CCCC. The van der Waals surface area contributed by atoms with E-state index in [1.54, 1.807) is 6.04 Å². The van der Waals surface area contributed by atoms with Crippen LogP contribution in [-0.2, 0) is 0 Å². The average Bonchev–Trinajstić information content (AvgIpc) is 1.97. The van der Waals surface area contributed by atoms with Crippen LogP contribution in [0.2, 0.25) is 12.1 Å². The monoisotopic (exact) mass is 156 g/mol. The molecule has 0 fully saturated rings. The fourth-order valence-corrected chi connectivity index (χ4v) is 2.59. The van der Waals surface area contributed by atoms with E-state index in [-0.39, 0.29) is 0 Å². The zero-order valence-electron chi connectivity index (χ0n) is 7.40. The molecule has 0 aliphatic rings. The minimum atomic E-state index is 0.293. The molecule has 0 radical (unpaired) electrons. The molecule has 1 heteroatoms. The molecule has 0 unspecified atom stereocenters. The van der Waals surface area contributed by atoms with Gasteiger partial charge < -0.3 is 0 Å². The van der Waals surface area contributed by atoms with E-state index in [0.717, 1.165) is 0 Å². The van der Waals surface area contributed by atoms with Crippen LogP contribution in [0.4, 0.5) is 0 Å². The van der Waals surface area contributed by atoms with Gasteiger partial charge in [0.15, 0.2) is 0 Å². The maximum atomic E-state index is 2.36. The minimum absolute atomic E-state index is 0.293. The molecule has 0 bridgehead atoms. The van der Waals surface area contributed by atoms with Crippen LogP contribution < -0.4 is 0 Å². The molecule has 0 aliphatic carbocycles. The Kier molecular flexibility index (Phi) is 8.92. The van der Waals surface area contributed by atoms with E-state index in [4.69, 9.17) is 0 Å². The third kappa shape index (κ3) is 7.96. The Morgan fingerprint density at radius 3 is 2.60 bits per heavy atom. The first-order valence-corrected chi connectivity index (χ1v) is 6.56. The molecule has 0 heterocycles. The van der Waals surface area contributed by atoms with Gasteiger partial charge in [0.1, 0.15) is 0 Å². The molecule has 0 aliphatic heterocycles. The van der Waals surface area contributed by atoms with Crippen LogP contribution in [0.15, 0.2) is 12.2 Å². The number of rotatable bonds is 6. The van der Waals surface area contributed by atoms with Gasteiger partial charge in [-0.15, -0.1) is 0 Å². The summed E-state index contributed by atoms with van der Waals surface area (Å²) < 4.78 is 0. The predicted molar refractivity (Wildman–Crippen MR) is 52.5 cm³/mol. The Labute approximate surface area is 67.5 Å². The van der Waals surface area contributed by atoms with E-state index >= 15 is 0 Å². The summed E-state index contributed by atoms with van der Waals surface area (Å²) >= 11 is 0. The van der Waals surface area contributed by atoms with Gasteiger partial charge in [0.2, 0.25) is 0 Å². The first-order valence-electron chi connectivity index (χ1n) is 4.56. The summed E-state index contributed by atoms with van der Waals surface area (Å²) in [4.78, 5) is 0. The van der Waals surface area contributed by atoms with Crippen LogP contribution in [0.3, 0.4) is 0 Å². The normalized spacial score (nSPS) is 12.2. The van der Waals surface area contributed by atoms with Crippen LogP contribution in [-0.4, -0.2) is 9.52 Å². The molecule has 0 aromatic rings. The Bertz CT molecular complexity index is 76.8. The maximum Gasteiger partial charge on any atom is 0.0240 e.